The molecule has 0 unspecified atom stereocenters. The van der Waals surface area contributed by atoms with E-state index < -0.39 is 0 Å². The maximum absolute atomic E-state index is 12.6. The first-order valence-electron chi connectivity index (χ1n) is 8.18. The topological polar surface area (TPSA) is 79.7 Å². The molecule has 1 amide bonds. The van der Waals surface area contributed by atoms with Crippen LogP contribution in [-0.2, 0) is 17.7 Å². The molecular weight excluding hydrogens is 296 g/mol. The average Bonchev–Trinajstić information content (AvgIpc) is 3.12. The molecule has 2 aromatic heterocycles. The normalized spacial score (nSPS) is 18.8. The van der Waals surface area contributed by atoms with Crippen molar-refractivity contribution < 1.29 is 9.53 Å². The van der Waals surface area contributed by atoms with Gasteiger partial charge >= 0.3 is 0 Å². The van der Waals surface area contributed by atoms with Crippen LogP contribution >= 0.6 is 0 Å². The van der Waals surface area contributed by atoms with E-state index in [4.69, 9.17) is 4.74 Å². The second-order valence-electron chi connectivity index (χ2n) is 6.31. The number of carbonyl (C=O) groups excluding carboxylic acids is 1. The Morgan fingerprint density at radius 2 is 2.13 bits per heavy atom. The Hall–Kier alpha value is -2.15. The summed E-state index contributed by atoms with van der Waals surface area (Å²) in [4.78, 5) is 30.1. The van der Waals surface area contributed by atoms with E-state index in [1.807, 2.05) is 13.0 Å². The molecule has 0 saturated carbocycles. The smallest absolute Gasteiger partial charge is 0.280 e. The van der Waals surface area contributed by atoms with Crippen molar-refractivity contribution in [2.24, 2.45) is 5.92 Å². The molecule has 0 aromatic carbocycles. The number of nitrogens with one attached hydrogen (secondary N) is 1. The summed E-state index contributed by atoms with van der Waals surface area (Å²) in [6.45, 7) is 4.56. The quantitative estimate of drug-likeness (QED) is 0.915. The van der Waals surface area contributed by atoms with Gasteiger partial charge in [0.1, 0.15) is 11.3 Å². The average molecular weight is 316 g/mol. The van der Waals surface area contributed by atoms with Crippen molar-refractivity contribution in [3.8, 4) is 0 Å². The van der Waals surface area contributed by atoms with Crippen LogP contribution in [0.15, 0.2) is 10.9 Å². The lowest BCUT2D eigenvalue weighted by Gasteiger charge is -2.26. The van der Waals surface area contributed by atoms with Crippen LogP contribution in [0.3, 0.4) is 0 Å². The van der Waals surface area contributed by atoms with Crippen molar-refractivity contribution in [1.82, 2.24) is 19.5 Å². The monoisotopic (exact) mass is 316 g/mol. The number of aromatic nitrogens is 3. The first-order valence-corrected chi connectivity index (χ1v) is 8.18. The zero-order valence-electron chi connectivity index (χ0n) is 13.2. The highest BCUT2D eigenvalue weighted by Crippen LogP contribution is 2.23. The Bertz CT molecular complexity index is 817. The van der Waals surface area contributed by atoms with E-state index in [0.29, 0.717) is 35.9 Å². The summed E-state index contributed by atoms with van der Waals surface area (Å²) < 4.78 is 6.74. The fraction of sp³-hybridized carbons (Fsp3) is 0.562. The molecule has 7 heteroatoms. The summed E-state index contributed by atoms with van der Waals surface area (Å²) in [5.41, 5.74) is 2.20. The van der Waals surface area contributed by atoms with Crippen LogP contribution in [0.1, 0.15) is 41.5 Å². The predicted octanol–water partition coefficient (Wildman–Crippen LogP) is 0.967. The molecule has 1 saturated heterocycles. The van der Waals surface area contributed by atoms with E-state index in [1.54, 1.807) is 4.90 Å². The van der Waals surface area contributed by atoms with E-state index in [2.05, 4.69) is 10.1 Å². The van der Waals surface area contributed by atoms with Crippen LogP contribution in [0.4, 0.5) is 0 Å². The lowest BCUT2D eigenvalue weighted by atomic mass is 10.00. The standard InChI is InChI=1S/C16H20N4O3/c1-2-11-7-13-17-14-12(15(21)20(13)18-11)9-19(16(14)22)8-10-3-5-23-6-4-10/h7,10,17H,2-6,8-9H2,1H3. The van der Waals surface area contributed by atoms with E-state index in [0.717, 1.165) is 38.2 Å². The van der Waals surface area contributed by atoms with E-state index in [-0.39, 0.29) is 11.5 Å². The predicted molar refractivity (Wildman–Crippen MR) is 83.5 cm³/mol. The highest BCUT2D eigenvalue weighted by molar-refractivity contribution is 5.96. The van der Waals surface area contributed by atoms with Crippen molar-refractivity contribution in [2.75, 3.05) is 19.8 Å². The van der Waals surface area contributed by atoms with Gasteiger partial charge in [0.15, 0.2) is 0 Å². The molecule has 0 atom stereocenters. The zero-order chi connectivity index (χ0) is 16.0. The third-order valence-electron chi connectivity index (χ3n) is 4.80. The molecule has 0 radical (unpaired) electrons. The Morgan fingerprint density at radius 3 is 2.87 bits per heavy atom. The minimum atomic E-state index is -0.184. The minimum absolute atomic E-state index is 0.0784. The molecule has 4 heterocycles. The van der Waals surface area contributed by atoms with Gasteiger partial charge < -0.3 is 14.6 Å². The molecule has 4 rings (SSSR count). The molecule has 0 spiro atoms. The van der Waals surface area contributed by atoms with Gasteiger partial charge in [-0.3, -0.25) is 9.59 Å². The van der Waals surface area contributed by atoms with Gasteiger partial charge in [-0.2, -0.15) is 9.61 Å². The minimum Gasteiger partial charge on any atom is -0.381 e. The molecule has 1 N–H and O–H groups in total. The first kappa shape index (κ1) is 14.4. The van der Waals surface area contributed by atoms with Gasteiger partial charge in [-0.15, -0.1) is 0 Å². The fourth-order valence-electron chi connectivity index (χ4n) is 3.42. The van der Waals surface area contributed by atoms with Crippen molar-refractivity contribution in [1.29, 1.82) is 0 Å². The number of ether oxygens (including phenoxy) is 1. The van der Waals surface area contributed by atoms with Crippen LogP contribution in [0.5, 0.6) is 0 Å². The Kier molecular flexibility index (Phi) is 3.45. The molecule has 2 aromatic rings. The number of fused-ring (bicyclic) bond motifs is 2. The second kappa shape index (κ2) is 5.49. The fourth-order valence-corrected chi connectivity index (χ4v) is 3.42. The van der Waals surface area contributed by atoms with Crippen molar-refractivity contribution >= 4 is 11.6 Å². The molecule has 122 valence electrons. The first-order chi connectivity index (χ1) is 11.2. The van der Waals surface area contributed by atoms with Gasteiger partial charge in [-0.1, -0.05) is 6.92 Å². The largest absolute Gasteiger partial charge is 0.381 e. The zero-order valence-corrected chi connectivity index (χ0v) is 13.2. The lowest BCUT2D eigenvalue weighted by Crippen LogP contribution is -2.33. The summed E-state index contributed by atoms with van der Waals surface area (Å²) >= 11 is 0. The molecule has 23 heavy (non-hydrogen) atoms. The molecule has 1 fully saturated rings. The van der Waals surface area contributed by atoms with Crippen LogP contribution in [0.25, 0.3) is 5.65 Å². The molecule has 2 aliphatic rings. The lowest BCUT2D eigenvalue weighted by molar-refractivity contribution is 0.0467. The molecular formula is C16H20N4O3. The number of aromatic amines is 1. The highest BCUT2D eigenvalue weighted by atomic mass is 16.5. The number of aryl methyl sites for hydroxylation is 1. The number of carbonyl (C=O) groups is 1. The summed E-state index contributed by atoms with van der Waals surface area (Å²) in [7, 11) is 0. The van der Waals surface area contributed by atoms with Crippen LogP contribution in [0.2, 0.25) is 0 Å². The molecule has 0 bridgehead atoms. The molecule has 0 aliphatic carbocycles. The number of hydrogen-bond acceptors (Lipinski definition) is 4. The third-order valence-corrected chi connectivity index (χ3v) is 4.80. The second-order valence-corrected chi connectivity index (χ2v) is 6.31. The summed E-state index contributed by atoms with van der Waals surface area (Å²) in [5.74, 6) is 0.373. The summed E-state index contributed by atoms with van der Waals surface area (Å²) in [6.07, 6.45) is 2.69. The van der Waals surface area contributed by atoms with Crippen molar-refractivity contribution in [2.45, 2.75) is 32.7 Å². The molecule has 7 nitrogen and oxygen atoms in total. The van der Waals surface area contributed by atoms with Crippen molar-refractivity contribution in [3.05, 3.63) is 33.4 Å². The van der Waals surface area contributed by atoms with Gasteiger partial charge in [0.2, 0.25) is 0 Å². The highest BCUT2D eigenvalue weighted by Gasteiger charge is 2.33. The molecule has 2 aliphatic heterocycles. The number of H-pyrrole nitrogens is 1. The maximum Gasteiger partial charge on any atom is 0.280 e. The van der Waals surface area contributed by atoms with Gasteiger partial charge in [0.05, 0.1) is 17.8 Å². The summed E-state index contributed by atoms with van der Waals surface area (Å²) in [5, 5.41) is 4.30. The summed E-state index contributed by atoms with van der Waals surface area (Å²) in [6, 6.07) is 1.83. The van der Waals surface area contributed by atoms with E-state index >= 15 is 0 Å². The van der Waals surface area contributed by atoms with Gasteiger partial charge in [0, 0.05) is 25.8 Å². The maximum atomic E-state index is 12.6. The van der Waals surface area contributed by atoms with Gasteiger partial charge in [0.25, 0.3) is 11.5 Å². The number of amides is 1. The SMILES string of the molecule is CCc1cc2[nH]c3c(c(=O)n2n1)CN(CC1CCOCC1)C3=O. The number of rotatable bonds is 3. The van der Waals surface area contributed by atoms with Gasteiger partial charge in [-0.05, 0) is 25.2 Å². The van der Waals surface area contributed by atoms with Crippen LogP contribution in [0, 0.1) is 5.92 Å². The Morgan fingerprint density at radius 1 is 1.35 bits per heavy atom. The third kappa shape index (κ3) is 2.35. The van der Waals surface area contributed by atoms with E-state index in [9.17, 15) is 9.59 Å². The van der Waals surface area contributed by atoms with Crippen LogP contribution < -0.4 is 5.56 Å². The Labute approximate surface area is 133 Å². The van der Waals surface area contributed by atoms with Gasteiger partial charge in [-0.25, -0.2) is 0 Å². The van der Waals surface area contributed by atoms with Crippen LogP contribution in [-0.4, -0.2) is 45.2 Å². The van der Waals surface area contributed by atoms with Crippen molar-refractivity contribution in [3.63, 3.8) is 0 Å². The Balaban J connectivity index is 1.65. The number of hydrogen-bond donors (Lipinski definition) is 1. The van der Waals surface area contributed by atoms with E-state index in [1.165, 1.54) is 4.52 Å². The number of nitrogens with zero attached hydrogens (tertiary/aromatic N) is 3.